The van der Waals surface area contributed by atoms with Crippen LogP contribution in [-0.4, -0.2) is 22.0 Å². The monoisotopic (exact) mass is 225 g/mol. The molecule has 0 aliphatic rings. The van der Waals surface area contributed by atoms with Gasteiger partial charge in [-0.1, -0.05) is 6.92 Å². The molecule has 0 spiro atoms. The normalized spacial score (nSPS) is 17.1. The van der Waals surface area contributed by atoms with Gasteiger partial charge in [0.25, 0.3) is 0 Å². The summed E-state index contributed by atoms with van der Waals surface area (Å²) < 4.78 is 7.66. The topological polar surface area (TPSA) is 53.1 Å². The van der Waals surface area contributed by atoms with Gasteiger partial charge in [0.15, 0.2) is 0 Å². The molecule has 2 atom stereocenters. The van der Waals surface area contributed by atoms with E-state index in [9.17, 15) is 0 Å². The van der Waals surface area contributed by atoms with Gasteiger partial charge in [-0.15, -0.1) is 0 Å². The summed E-state index contributed by atoms with van der Waals surface area (Å²) in [5.74, 6) is 0. The zero-order chi connectivity index (χ0) is 12.2. The van der Waals surface area contributed by atoms with Gasteiger partial charge in [-0.3, -0.25) is 4.68 Å². The molecule has 1 heterocycles. The zero-order valence-corrected chi connectivity index (χ0v) is 10.7. The van der Waals surface area contributed by atoms with Crippen LogP contribution < -0.4 is 5.73 Å². The van der Waals surface area contributed by atoms with E-state index < -0.39 is 0 Å². The van der Waals surface area contributed by atoms with Crippen LogP contribution in [0.15, 0.2) is 12.4 Å². The molecule has 0 saturated heterocycles. The highest BCUT2D eigenvalue weighted by Crippen LogP contribution is 2.29. The summed E-state index contributed by atoms with van der Waals surface area (Å²) >= 11 is 0. The van der Waals surface area contributed by atoms with Crippen molar-refractivity contribution in [2.24, 2.45) is 5.73 Å². The van der Waals surface area contributed by atoms with Crippen molar-refractivity contribution in [3.8, 4) is 0 Å². The first-order chi connectivity index (χ1) is 7.57. The Kier molecular flexibility index (Phi) is 4.50. The molecule has 2 N–H and O–H groups in total. The van der Waals surface area contributed by atoms with Crippen molar-refractivity contribution in [3.05, 3.63) is 18.0 Å². The highest BCUT2D eigenvalue weighted by Gasteiger charge is 2.32. The van der Waals surface area contributed by atoms with Crippen LogP contribution in [0.2, 0.25) is 0 Å². The van der Waals surface area contributed by atoms with Crippen LogP contribution in [0.25, 0.3) is 0 Å². The second-order valence-corrected chi connectivity index (χ2v) is 4.21. The van der Waals surface area contributed by atoms with Crippen LogP contribution in [0.1, 0.15) is 45.7 Å². The average Bonchev–Trinajstić information content (AvgIpc) is 2.76. The summed E-state index contributed by atoms with van der Waals surface area (Å²) in [6.45, 7) is 9.76. The summed E-state index contributed by atoms with van der Waals surface area (Å²) in [6.07, 6.45) is 4.72. The fraction of sp³-hybridized carbons (Fsp3) is 0.750. The predicted octanol–water partition coefficient (Wildman–Crippen LogP) is 2.11. The van der Waals surface area contributed by atoms with E-state index in [1.54, 1.807) is 0 Å². The van der Waals surface area contributed by atoms with Gasteiger partial charge in [0, 0.05) is 24.9 Å². The minimum absolute atomic E-state index is 0.127. The Morgan fingerprint density at radius 2 is 2.19 bits per heavy atom. The van der Waals surface area contributed by atoms with Gasteiger partial charge < -0.3 is 10.5 Å². The molecule has 4 nitrogen and oxygen atoms in total. The summed E-state index contributed by atoms with van der Waals surface area (Å²) in [7, 11) is 0. The zero-order valence-electron chi connectivity index (χ0n) is 10.7. The number of ether oxygens (including phenoxy) is 1. The Bertz CT molecular complexity index is 324. The van der Waals surface area contributed by atoms with E-state index in [1.807, 2.05) is 24.0 Å². The summed E-state index contributed by atoms with van der Waals surface area (Å²) in [6, 6.07) is -0.127. The van der Waals surface area contributed by atoms with E-state index in [-0.39, 0.29) is 11.6 Å². The van der Waals surface area contributed by atoms with E-state index in [2.05, 4.69) is 25.9 Å². The molecule has 1 rings (SSSR count). The lowest BCUT2D eigenvalue weighted by atomic mass is 9.90. The molecule has 0 amide bonds. The Balaban J connectivity index is 2.85. The Labute approximate surface area is 97.8 Å². The number of hydrogen-bond acceptors (Lipinski definition) is 3. The maximum absolute atomic E-state index is 6.26. The molecule has 0 saturated carbocycles. The van der Waals surface area contributed by atoms with Crippen LogP contribution in [0.5, 0.6) is 0 Å². The lowest BCUT2D eigenvalue weighted by Crippen LogP contribution is -2.40. The third kappa shape index (κ3) is 2.62. The molecule has 1 aromatic rings. The first kappa shape index (κ1) is 13.2. The minimum Gasteiger partial charge on any atom is -0.374 e. The predicted molar refractivity (Wildman–Crippen MR) is 65.2 cm³/mol. The Hall–Kier alpha value is -0.870. The van der Waals surface area contributed by atoms with Gasteiger partial charge >= 0.3 is 0 Å². The number of nitrogens with zero attached hydrogens (tertiary/aromatic N) is 2. The number of nitrogens with two attached hydrogens (primary N) is 1. The van der Waals surface area contributed by atoms with Gasteiger partial charge in [0.2, 0.25) is 0 Å². The molecule has 92 valence electrons. The van der Waals surface area contributed by atoms with Gasteiger partial charge in [-0.05, 0) is 27.2 Å². The third-order valence-corrected chi connectivity index (χ3v) is 3.17. The van der Waals surface area contributed by atoms with Crippen molar-refractivity contribution in [2.75, 3.05) is 6.61 Å². The molecular formula is C12H23N3O. The molecule has 0 radical (unpaired) electrons. The lowest BCUT2D eigenvalue weighted by molar-refractivity contribution is -0.0472. The van der Waals surface area contributed by atoms with Gasteiger partial charge in [0.1, 0.15) is 0 Å². The molecular weight excluding hydrogens is 202 g/mol. The van der Waals surface area contributed by atoms with E-state index >= 15 is 0 Å². The maximum Gasteiger partial charge on any atom is 0.0844 e. The first-order valence-electron chi connectivity index (χ1n) is 5.99. The standard InChI is InChI=1S/C12H23N3O/c1-5-12(4,16-7-3)11(13)10-8-14-15(6-2)9-10/h8-9,11H,5-7,13H2,1-4H3. The van der Waals surface area contributed by atoms with Gasteiger partial charge in [0.05, 0.1) is 17.8 Å². The van der Waals surface area contributed by atoms with Crippen LogP contribution in [0, 0.1) is 0 Å². The minimum atomic E-state index is -0.309. The Morgan fingerprint density at radius 3 is 2.62 bits per heavy atom. The quantitative estimate of drug-likeness (QED) is 0.806. The highest BCUT2D eigenvalue weighted by atomic mass is 16.5. The molecule has 4 heteroatoms. The first-order valence-corrected chi connectivity index (χ1v) is 5.99. The van der Waals surface area contributed by atoms with Crippen molar-refractivity contribution in [3.63, 3.8) is 0 Å². The molecule has 2 unspecified atom stereocenters. The van der Waals surface area contributed by atoms with Crippen molar-refractivity contribution < 1.29 is 4.74 Å². The summed E-state index contributed by atoms with van der Waals surface area (Å²) in [5, 5.41) is 4.24. The summed E-state index contributed by atoms with van der Waals surface area (Å²) in [5.41, 5.74) is 6.99. The average molecular weight is 225 g/mol. The fourth-order valence-electron chi connectivity index (χ4n) is 1.81. The number of aromatic nitrogens is 2. The second-order valence-electron chi connectivity index (χ2n) is 4.21. The van der Waals surface area contributed by atoms with Crippen LogP contribution in [0.3, 0.4) is 0 Å². The molecule has 0 bridgehead atoms. The van der Waals surface area contributed by atoms with Crippen molar-refractivity contribution in [1.82, 2.24) is 9.78 Å². The number of hydrogen-bond donors (Lipinski definition) is 1. The van der Waals surface area contributed by atoms with Crippen LogP contribution in [0.4, 0.5) is 0 Å². The smallest absolute Gasteiger partial charge is 0.0844 e. The van der Waals surface area contributed by atoms with Gasteiger partial charge in [-0.2, -0.15) is 5.10 Å². The van der Waals surface area contributed by atoms with Crippen LogP contribution >= 0.6 is 0 Å². The largest absolute Gasteiger partial charge is 0.374 e. The van der Waals surface area contributed by atoms with Crippen molar-refractivity contribution in [1.29, 1.82) is 0 Å². The number of aryl methyl sites for hydroxylation is 1. The van der Waals surface area contributed by atoms with E-state index in [1.165, 1.54) is 0 Å². The molecule has 0 aromatic carbocycles. The van der Waals surface area contributed by atoms with E-state index in [4.69, 9.17) is 10.5 Å². The van der Waals surface area contributed by atoms with Gasteiger partial charge in [-0.25, -0.2) is 0 Å². The second kappa shape index (κ2) is 5.46. The SMILES string of the molecule is CCOC(C)(CC)C(N)c1cnn(CC)c1. The highest BCUT2D eigenvalue weighted by molar-refractivity contribution is 5.14. The van der Waals surface area contributed by atoms with Crippen molar-refractivity contribution >= 4 is 0 Å². The summed E-state index contributed by atoms with van der Waals surface area (Å²) in [4.78, 5) is 0. The lowest BCUT2D eigenvalue weighted by Gasteiger charge is -2.33. The molecule has 0 fully saturated rings. The molecule has 0 aliphatic carbocycles. The fourth-order valence-corrected chi connectivity index (χ4v) is 1.81. The number of rotatable bonds is 6. The molecule has 16 heavy (non-hydrogen) atoms. The van der Waals surface area contributed by atoms with Crippen molar-refractivity contribution in [2.45, 2.75) is 52.3 Å². The van der Waals surface area contributed by atoms with Crippen LogP contribution in [-0.2, 0) is 11.3 Å². The Morgan fingerprint density at radius 1 is 1.50 bits per heavy atom. The van der Waals surface area contributed by atoms with E-state index in [0.717, 1.165) is 18.5 Å². The van der Waals surface area contributed by atoms with E-state index in [0.29, 0.717) is 6.61 Å². The molecule has 1 aromatic heterocycles. The maximum atomic E-state index is 6.26. The molecule has 0 aliphatic heterocycles. The third-order valence-electron chi connectivity index (χ3n) is 3.17.